The minimum atomic E-state index is -4.55. The van der Waals surface area contributed by atoms with Gasteiger partial charge in [-0.25, -0.2) is 14.4 Å². The zero-order valence-electron chi connectivity index (χ0n) is 15.5. The quantitative estimate of drug-likeness (QED) is 0.425. The van der Waals surface area contributed by atoms with Crippen LogP contribution in [0.3, 0.4) is 0 Å². The number of amides is 1. The number of alkyl halides is 3. The Morgan fingerprint density at radius 1 is 1.13 bits per heavy atom. The molecule has 3 aromatic heterocycles. The van der Waals surface area contributed by atoms with Crippen LogP contribution in [0.4, 0.5) is 23.4 Å². The van der Waals surface area contributed by atoms with Crippen LogP contribution in [0, 0.1) is 5.82 Å². The number of halogens is 4. The van der Waals surface area contributed by atoms with Gasteiger partial charge >= 0.3 is 6.18 Å². The average Bonchev–Trinajstić information content (AvgIpc) is 3.36. The molecule has 4 aromatic rings. The molecule has 0 bridgehead atoms. The van der Waals surface area contributed by atoms with Crippen LogP contribution in [-0.2, 0) is 17.4 Å². The standard InChI is InChI=1S/C20H12F4N4O2S/c21-12-3-1-11(2-4-12)18-17(14-5-7-25-10-26-14)19(30-28-18)27-16(29)9-15-13(6-8-31-15)20(22,23)24/h1-8,10H,9H2,(H,27,29). The summed E-state index contributed by atoms with van der Waals surface area (Å²) < 4.78 is 57.8. The summed E-state index contributed by atoms with van der Waals surface area (Å²) in [5, 5.41) is 7.69. The van der Waals surface area contributed by atoms with E-state index in [4.69, 9.17) is 4.52 Å². The Morgan fingerprint density at radius 2 is 1.90 bits per heavy atom. The van der Waals surface area contributed by atoms with E-state index in [1.807, 2.05) is 0 Å². The van der Waals surface area contributed by atoms with Gasteiger partial charge in [0.05, 0.1) is 23.2 Å². The van der Waals surface area contributed by atoms with E-state index in [-0.39, 0.29) is 16.5 Å². The lowest BCUT2D eigenvalue weighted by Gasteiger charge is -2.08. The van der Waals surface area contributed by atoms with Gasteiger partial charge in [-0.2, -0.15) is 13.2 Å². The molecule has 0 aliphatic heterocycles. The Hall–Kier alpha value is -3.60. The van der Waals surface area contributed by atoms with Crippen LogP contribution < -0.4 is 5.32 Å². The molecule has 6 nitrogen and oxygen atoms in total. The van der Waals surface area contributed by atoms with Crippen LogP contribution in [0.5, 0.6) is 0 Å². The van der Waals surface area contributed by atoms with Crippen LogP contribution in [0.15, 0.2) is 58.8 Å². The Balaban J connectivity index is 1.67. The van der Waals surface area contributed by atoms with Crippen LogP contribution in [0.25, 0.3) is 22.5 Å². The predicted molar refractivity (Wildman–Crippen MR) is 105 cm³/mol. The van der Waals surface area contributed by atoms with E-state index in [9.17, 15) is 22.4 Å². The summed E-state index contributed by atoms with van der Waals surface area (Å²) in [5.74, 6) is -1.25. The van der Waals surface area contributed by atoms with E-state index in [0.717, 1.165) is 17.4 Å². The molecule has 1 amide bonds. The third-order valence-electron chi connectivity index (χ3n) is 4.27. The SMILES string of the molecule is O=C(Cc1sccc1C(F)(F)F)Nc1onc(-c2ccc(F)cc2)c1-c1ccncn1. The van der Waals surface area contributed by atoms with Crippen molar-refractivity contribution in [1.29, 1.82) is 0 Å². The van der Waals surface area contributed by atoms with Crippen molar-refractivity contribution in [2.24, 2.45) is 0 Å². The molecule has 158 valence electrons. The number of thiophene rings is 1. The maximum atomic E-state index is 13.3. The normalized spacial score (nSPS) is 11.5. The maximum Gasteiger partial charge on any atom is 0.417 e. The molecule has 31 heavy (non-hydrogen) atoms. The molecule has 0 spiro atoms. The van der Waals surface area contributed by atoms with E-state index >= 15 is 0 Å². The minimum absolute atomic E-state index is 0.0897. The topological polar surface area (TPSA) is 80.9 Å². The van der Waals surface area contributed by atoms with Gasteiger partial charge in [-0.1, -0.05) is 5.16 Å². The molecular formula is C20H12F4N4O2S. The van der Waals surface area contributed by atoms with Gasteiger partial charge in [0.1, 0.15) is 17.8 Å². The van der Waals surface area contributed by atoms with Crippen molar-refractivity contribution >= 4 is 23.1 Å². The monoisotopic (exact) mass is 448 g/mol. The van der Waals surface area contributed by atoms with E-state index in [0.29, 0.717) is 16.8 Å². The number of nitrogens with one attached hydrogen (secondary N) is 1. The molecule has 0 saturated carbocycles. The van der Waals surface area contributed by atoms with Crippen LogP contribution in [0.2, 0.25) is 0 Å². The number of carbonyl (C=O) groups excluding carboxylic acids is 1. The van der Waals surface area contributed by atoms with E-state index in [1.54, 1.807) is 6.07 Å². The maximum absolute atomic E-state index is 13.3. The van der Waals surface area contributed by atoms with Crippen molar-refractivity contribution in [1.82, 2.24) is 15.1 Å². The number of hydrogen-bond donors (Lipinski definition) is 1. The summed E-state index contributed by atoms with van der Waals surface area (Å²) in [7, 11) is 0. The van der Waals surface area contributed by atoms with E-state index in [2.05, 4.69) is 20.4 Å². The second-order valence-corrected chi connectivity index (χ2v) is 7.32. The van der Waals surface area contributed by atoms with Gasteiger partial charge in [0.25, 0.3) is 0 Å². The number of nitrogens with zero attached hydrogens (tertiary/aromatic N) is 3. The van der Waals surface area contributed by atoms with E-state index in [1.165, 1.54) is 42.2 Å². The first-order chi connectivity index (χ1) is 14.8. The largest absolute Gasteiger partial charge is 0.417 e. The summed E-state index contributed by atoms with van der Waals surface area (Å²) in [6.07, 6.45) is -2.30. The smallest absolute Gasteiger partial charge is 0.337 e. The second-order valence-electron chi connectivity index (χ2n) is 6.32. The van der Waals surface area contributed by atoms with Gasteiger partial charge in [-0.05, 0) is 41.8 Å². The fraction of sp³-hybridized carbons (Fsp3) is 0.100. The van der Waals surface area contributed by atoms with Crippen molar-refractivity contribution in [2.45, 2.75) is 12.6 Å². The Bertz CT molecular complexity index is 1200. The number of aromatic nitrogens is 3. The third kappa shape index (κ3) is 4.45. The molecule has 0 aliphatic rings. The zero-order valence-corrected chi connectivity index (χ0v) is 16.3. The van der Waals surface area contributed by atoms with Crippen molar-refractivity contribution in [2.75, 3.05) is 5.32 Å². The first kappa shape index (κ1) is 20.7. The highest BCUT2D eigenvalue weighted by Crippen LogP contribution is 2.38. The summed E-state index contributed by atoms with van der Waals surface area (Å²) in [4.78, 5) is 20.3. The molecule has 11 heteroatoms. The highest BCUT2D eigenvalue weighted by atomic mass is 32.1. The van der Waals surface area contributed by atoms with Crippen LogP contribution in [0.1, 0.15) is 10.4 Å². The highest BCUT2D eigenvalue weighted by molar-refractivity contribution is 7.10. The predicted octanol–water partition coefficient (Wildman–Crippen LogP) is 5.20. The molecule has 4 rings (SSSR count). The Morgan fingerprint density at radius 3 is 2.58 bits per heavy atom. The molecule has 1 N–H and O–H groups in total. The number of rotatable bonds is 5. The van der Waals surface area contributed by atoms with Crippen molar-refractivity contribution < 1.29 is 26.9 Å². The van der Waals surface area contributed by atoms with Crippen LogP contribution >= 0.6 is 11.3 Å². The Labute approximate surface area is 176 Å². The molecule has 0 fully saturated rings. The van der Waals surface area contributed by atoms with Crippen molar-refractivity contribution in [3.8, 4) is 22.5 Å². The summed E-state index contributed by atoms with van der Waals surface area (Å²) in [5.41, 5.74) is 0.578. The number of hydrogen-bond acceptors (Lipinski definition) is 6. The summed E-state index contributed by atoms with van der Waals surface area (Å²) >= 11 is 0.836. The van der Waals surface area contributed by atoms with Gasteiger partial charge in [0.15, 0.2) is 0 Å². The lowest BCUT2D eigenvalue weighted by molar-refractivity contribution is -0.137. The zero-order chi connectivity index (χ0) is 22.0. The molecule has 0 saturated heterocycles. The first-order valence-electron chi connectivity index (χ1n) is 8.78. The van der Waals surface area contributed by atoms with Gasteiger partial charge in [-0.3, -0.25) is 10.1 Å². The second kappa shape index (κ2) is 8.26. The average molecular weight is 448 g/mol. The lowest BCUT2D eigenvalue weighted by Crippen LogP contribution is -2.16. The summed E-state index contributed by atoms with van der Waals surface area (Å²) in [6.45, 7) is 0. The summed E-state index contributed by atoms with van der Waals surface area (Å²) in [6, 6.07) is 7.91. The minimum Gasteiger partial charge on any atom is -0.337 e. The molecule has 0 unspecified atom stereocenters. The van der Waals surface area contributed by atoms with Gasteiger partial charge in [-0.15, -0.1) is 11.3 Å². The number of benzene rings is 1. The fourth-order valence-corrected chi connectivity index (χ4v) is 3.80. The van der Waals surface area contributed by atoms with Crippen molar-refractivity contribution in [3.63, 3.8) is 0 Å². The van der Waals surface area contributed by atoms with Gasteiger partial charge in [0.2, 0.25) is 11.8 Å². The molecule has 0 atom stereocenters. The molecule has 0 radical (unpaired) electrons. The van der Waals surface area contributed by atoms with Crippen molar-refractivity contribution in [3.05, 3.63) is 70.6 Å². The number of carbonyl (C=O) groups is 1. The fourth-order valence-electron chi connectivity index (χ4n) is 2.90. The molecule has 1 aromatic carbocycles. The third-order valence-corrected chi connectivity index (χ3v) is 5.19. The van der Waals surface area contributed by atoms with Gasteiger partial charge in [0, 0.05) is 16.6 Å². The molecule has 0 aliphatic carbocycles. The van der Waals surface area contributed by atoms with Gasteiger partial charge < -0.3 is 4.52 Å². The highest BCUT2D eigenvalue weighted by Gasteiger charge is 2.34. The van der Waals surface area contributed by atoms with E-state index < -0.39 is 29.9 Å². The van der Waals surface area contributed by atoms with Crippen LogP contribution in [-0.4, -0.2) is 21.0 Å². The molecular weight excluding hydrogens is 436 g/mol. The number of anilines is 1. The lowest BCUT2D eigenvalue weighted by atomic mass is 10.0. The Kier molecular flexibility index (Phi) is 5.51. The first-order valence-corrected chi connectivity index (χ1v) is 9.66. The molecule has 3 heterocycles.